The molecule has 3 aromatic rings. The fraction of sp³-hybridized carbons (Fsp3) is 0.318. The van der Waals surface area contributed by atoms with E-state index < -0.39 is 4.92 Å². The molecule has 0 saturated carbocycles. The van der Waals surface area contributed by atoms with Gasteiger partial charge in [-0.25, -0.2) is 0 Å². The molecule has 0 aliphatic carbocycles. The topological polar surface area (TPSA) is 115 Å². The molecule has 11 heteroatoms. The number of rotatable bonds is 8. The third-order valence-corrected chi connectivity index (χ3v) is 6.13. The van der Waals surface area contributed by atoms with Crippen LogP contribution in [0.15, 0.2) is 53.7 Å². The average Bonchev–Trinajstić information content (AvgIpc) is 3.22. The molecule has 33 heavy (non-hydrogen) atoms. The van der Waals surface area contributed by atoms with E-state index in [4.69, 9.17) is 4.74 Å². The number of nitrogens with one attached hydrogen (secondary N) is 1. The van der Waals surface area contributed by atoms with Crippen LogP contribution in [0.5, 0.6) is 0 Å². The van der Waals surface area contributed by atoms with Gasteiger partial charge in [0.05, 0.1) is 30.4 Å². The van der Waals surface area contributed by atoms with Crippen molar-refractivity contribution in [2.45, 2.75) is 18.6 Å². The summed E-state index contributed by atoms with van der Waals surface area (Å²) in [5, 5.41) is 23.2. The van der Waals surface area contributed by atoms with Crippen LogP contribution in [0, 0.1) is 17.0 Å². The van der Waals surface area contributed by atoms with Gasteiger partial charge < -0.3 is 10.1 Å². The number of hydrogen-bond donors (Lipinski definition) is 1. The highest BCUT2D eigenvalue weighted by Gasteiger charge is 2.20. The molecule has 10 nitrogen and oxygen atoms in total. The number of nitrogens with zero attached hydrogens (tertiary/aromatic N) is 5. The summed E-state index contributed by atoms with van der Waals surface area (Å²) < 4.78 is 7.39. The third-order valence-electron chi connectivity index (χ3n) is 5.21. The van der Waals surface area contributed by atoms with Crippen LogP contribution in [-0.4, -0.2) is 62.6 Å². The number of carbonyl (C=O) groups is 1. The van der Waals surface area contributed by atoms with Crippen LogP contribution >= 0.6 is 11.8 Å². The lowest BCUT2D eigenvalue weighted by atomic mass is 10.2. The minimum Gasteiger partial charge on any atom is -0.379 e. The zero-order valence-electron chi connectivity index (χ0n) is 18.1. The van der Waals surface area contributed by atoms with E-state index in [1.807, 2.05) is 34.9 Å². The minimum atomic E-state index is -0.460. The molecular weight excluding hydrogens is 444 g/mol. The maximum atomic E-state index is 12.5. The van der Waals surface area contributed by atoms with Crippen LogP contribution in [0.1, 0.15) is 11.4 Å². The van der Waals surface area contributed by atoms with Gasteiger partial charge in [0.15, 0.2) is 11.0 Å². The summed E-state index contributed by atoms with van der Waals surface area (Å²) in [5.41, 5.74) is 1.81. The van der Waals surface area contributed by atoms with Gasteiger partial charge >= 0.3 is 0 Å². The lowest BCUT2D eigenvalue weighted by Gasteiger charge is -2.26. The highest BCUT2D eigenvalue weighted by molar-refractivity contribution is 7.99. The number of thioether (sulfide) groups is 1. The van der Waals surface area contributed by atoms with E-state index in [9.17, 15) is 14.9 Å². The van der Waals surface area contributed by atoms with Gasteiger partial charge in [0.1, 0.15) is 0 Å². The van der Waals surface area contributed by atoms with Gasteiger partial charge in [-0.2, -0.15) is 0 Å². The zero-order chi connectivity index (χ0) is 23.2. The summed E-state index contributed by atoms with van der Waals surface area (Å²) in [4.78, 5) is 25.5. The second-order valence-corrected chi connectivity index (χ2v) is 8.50. The number of ether oxygens (including phenoxy) is 1. The first-order chi connectivity index (χ1) is 16.0. The van der Waals surface area contributed by atoms with E-state index in [-0.39, 0.29) is 17.3 Å². The highest BCUT2D eigenvalue weighted by atomic mass is 32.2. The van der Waals surface area contributed by atoms with E-state index in [1.54, 1.807) is 19.1 Å². The number of nitro benzene ring substituents is 1. The van der Waals surface area contributed by atoms with E-state index in [0.29, 0.717) is 36.2 Å². The standard InChI is InChI=1S/C22H24N6O4S/c1-16-7-8-17(13-19(16)28(30)31)23-21(29)15-33-22-25-24-20(14-26-9-11-32-12-10-26)27(22)18-5-3-2-4-6-18/h2-8,13H,9-12,14-15H2,1H3,(H,23,29). The fourth-order valence-electron chi connectivity index (χ4n) is 3.50. The van der Waals surface area contributed by atoms with Crippen molar-refractivity contribution in [3.8, 4) is 5.69 Å². The van der Waals surface area contributed by atoms with Crippen molar-refractivity contribution in [3.63, 3.8) is 0 Å². The lowest BCUT2D eigenvalue weighted by Crippen LogP contribution is -2.36. The summed E-state index contributed by atoms with van der Waals surface area (Å²) in [7, 11) is 0. The van der Waals surface area contributed by atoms with Crippen LogP contribution in [0.4, 0.5) is 11.4 Å². The minimum absolute atomic E-state index is 0.0305. The van der Waals surface area contributed by atoms with Crippen molar-refractivity contribution >= 4 is 29.0 Å². The molecule has 1 aromatic heterocycles. The molecule has 2 aromatic carbocycles. The Balaban J connectivity index is 1.48. The first-order valence-electron chi connectivity index (χ1n) is 10.5. The summed E-state index contributed by atoms with van der Waals surface area (Å²) in [6.45, 7) is 5.33. The van der Waals surface area contributed by atoms with E-state index in [2.05, 4.69) is 20.4 Å². The van der Waals surface area contributed by atoms with Gasteiger partial charge in [-0.05, 0) is 25.1 Å². The molecule has 1 saturated heterocycles. The number of nitro groups is 1. The summed E-state index contributed by atoms with van der Waals surface area (Å²) >= 11 is 1.27. The molecular formula is C22H24N6O4S. The fourth-order valence-corrected chi connectivity index (χ4v) is 4.27. The number of para-hydroxylation sites is 1. The monoisotopic (exact) mass is 468 g/mol. The molecule has 1 amide bonds. The van der Waals surface area contributed by atoms with Crippen LogP contribution in [0.3, 0.4) is 0 Å². The smallest absolute Gasteiger partial charge is 0.274 e. The van der Waals surface area contributed by atoms with Gasteiger partial charge in [0.2, 0.25) is 5.91 Å². The first kappa shape index (κ1) is 22.9. The summed E-state index contributed by atoms with van der Waals surface area (Å²) in [5.74, 6) is 0.597. The quantitative estimate of drug-likeness (QED) is 0.305. The summed E-state index contributed by atoms with van der Waals surface area (Å²) in [6, 6.07) is 14.4. The number of morpholine rings is 1. The molecule has 0 atom stereocenters. The van der Waals surface area contributed by atoms with Gasteiger partial charge in [-0.15, -0.1) is 10.2 Å². The Bertz CT molecular complexity index is 1130. The van der Waals surface area contributed by atoms with Crippen LogP contribution < -0.4 is 5.32 Å². The number of anilines is 1. The maximum absolute atomic E-state index is 12.5. The van der Waals surface area contributed by atoms with Crippen molar-refractivity contribution in [2.24, 2.45) is 0 Å². The van der Waals surface area contributed by atoms with E-state index in [1.165, 1.54) is 17.8 Å². The molecule has 1 fully saturated rings. The molecule has 4 rings (SSSR count). The van der Waals surface area contributed by atoms with Crippen molar-refractivity contribution < 1.29 is 14.5 Å². The van der Waals surface area contributed by atoms with Crippen molar-refractivity contribution in [1.29, 1.82) is 0 Å². The number of benzene rings is 2. The van der Waals surface area contributed by atoms with Crippen LogP contribution in [0.25, 0.3) is 5.69 Å². The van der Waals surface area contributed by atoms with Crippen LogP contribution in [-0.2, 0) is 16.1 Å². The highest BCUT2D eigenvalue weighted by Crippen LogP contribution is 2.25. The third kappa shape index (κ3) is 5.75. The van der Waals surface area contributed by atoms with Gasteiger partial charge in [-0.1, -0.05) is 36.0 Å². The van der Waals surface area contributed by atoms with Crippen LogP contribution in [0.2, 0.25) is 0 Å². The number of aryl methyl sites for hydroxylation is 1. The Morgan fingerprint density at radius 1 is 1.18 bits per heavy atom. The second kappa shape index (κ2) is 10.6. The normalized spacial score (nSPS) is 14.2. The number of hydrogen-bond acceptors (Lipinski definition) is 8. The molecule has 172 valence electrons. The number of carbonyl (C=O) groups excluding carboxylic acids is 1. The van der Waals surface area contributed by atoms with Gasteiger partial charge in [0.25, 0.3) is 5.69 Å². The molecule has 1 aliphatic heterocycles. The Labute approximate surface area is 195 Å². The average molecular weight is 469 g/mol. The Morgan fingerprint density at radius 2 is 1.94 bits per heavy atom. The maximum Gasteiger partial charge on any atom is 0.274 e. The molecule has 0 bridgehead atoms. The first-order valence-corrected chi connectivity index (χ1v) is 11.5. The van der Waals surface area contributed by atoms with E-state index >= 15 is 0 Å². The Hall–Kier alpha value is -3.28. The molecule has 1 N–H and O–H groups in total. The van der Waals surface area contributed by atoms with Crippen molar-refractivity contribution in [1.82, 2.24) is 19.7 Å². The van der Waals surface area contributed by atoms with E-state index in [0.717, 1.165) is 24.6 Å². The number of amides is 1. The number of aromatic nitrogens is 3. The molecule has 0 radical (unpaired) electrons. The summed E-state index contributed by atoms with van der Waals surface area (Å²) in [6.07, 6.45) is 0. The van der Waals surface area contributed by atoms with Gasteiger partial charge in [0, 0.05) is 36.1 Å². The second-order valence-electron chi connectivity index (χ2n) is 7.55. The zero-order valence-corrected chi connectivity index (χ0v) is 19.0. The lowest BCUT2D eigenvalue weighted by molar-refractivity contribution is -0.385. The molecule has 0 unspecified atom stereocenters. The Kier molecular flexibility index (Phi) is 7.33. The largest absolute Gasteiger partial charge is 0.379 e. The van der Waals surface area contributed by atoms with Crippen molar-refractivity contribution in [3.05, 3.63) is 70.0 Å². The predicted octanol–water partition coefficient (Wildman–Crippen LogP) is 3.05. The Morgan fingerprint density at radius 3 is 2.67 bits per heavy atom. The SMILES string of the molecule is Cc1ccc(NC(=O)CSc2nnc(CN3CCOCC3)n2-c2ccccc2)cc1[N+](=O)[O-]. The molecule has 0 spiro atoms. The molecule has 1 aliphatic rings. The van der Waals surface area contributed by atoms with Gasteiger partial charge in [-0.3, -0.25) is 24.4 Å². The predicted molar refractivity (Wildman–Crippen MR) is 125 cm³/mol. The molecule has 2 heterocycles. The van der Waals surface area contributed by atoms with Crippen molar-refractivity contribution in [2.75, 3.05) is 37.4 Å².